The van der Waals surface area contributed by atoms with Crippen LogP contribution >= 0.6 is 0 Å². The molecule has 0 N–H and O–H groups in total. The van der Waals surface area contributed by atoms with Crippen molar-refractivity contribution in [3.05, 3.63) is 10.4 Å². The minimum absolute atomic E-state index is 0.304. The molecule has 3 saturated heterocycles. The SMILES string of the molecule is CC1(C)O[C@H]2O[C@H]([C@@H]3COC(C)(C)O3)[C@H](N=[N+]=[N-])[C@H]2O1. The van der Waals surface area contributed by atoms with Crippen molar-refractivity contribution in [1.82, 2.24) is 0 Å². The summed E-state index contributed by atoms with van der Waals surface area (Å²) in [5.41, 5.74) is 8.77. The van der Waals surface area contributed by atoms with Crippen LogP contribution < -0.4 is 0 Å². The van der Waals surface area contributed by atoms with Crippen LogP contribution in [0.2, 0.25) is 0 Å². The molecule has 0 saturated carbocycles. The summed E-state index contributed by atoms with van der Waals surface area (Å²) < 4.78 is 28.6. The molecule has 8 heteroatoms. The number of fused-ring (bicyclic) bond motifs is 1. The maximum Gasteiger partial charge on any atom is 0.188 e. The van der Waals surface area contributed by atoms with Gasteiger partial charge in [-0.3, -0.25) is 0 Å². The molecule has 3 heterocycles. The second-order valence-electron chi connectivity index (χ2n) is 6.13. The molecule has 3 fully saturated rings. The Hall–Kier alpha value is -0.890. The van der Waals surface area contributed by atoms with E-state index in [1.54, 1.807) is 13.8 Å². The summed E-state index contributed by atoms with van der Waals surface area (Å²) >= 11 is 0. The minimum atomic E-state index is -0.740. The van der Waals surface area contributed by atoms with Gasteiger partial charge in [-0.05, 0) is 33.2 Å². The van der Waals surface area contributed by atoms with Gasteiger partial charge < -0.3 is 23.7 Å². The molecule has 8 nitrogen and oxygen atoms in total. The molecule has 0 spiro atoms. The van der Waals surface area contributed by atoms with E-state index in [2.05, 4.69) is 10.0 Å². The number of hydrogen-bond donors (Lipinski definition) is 0. The van der Waals surface area contributed by atoms with E-state index in [9.17, 15) is 0 Å². The van der Waals surface area contributed by atoms with Crippen molar-refractivity contribution in [2.45, 2.75) is 69.9 Å². The van der Waals surface area contributed by atoms with Crippen molar-refractivity contribution in [1.29, 1.82) is 0 Å². The number of ether oxygens (including phenoxy) is 5. The van der Waals surface area contributed by atoms with Crippen molar-refractivity contribution >= 4 is 0 Å². The molecule has 0 bridgehead atoms. The predicted molar refractivity (Wildman–Crippen MR) is 66.5 cm³/mol. The molecule has 3 aliphatic rings. The monoisotopic (exact) mass is 285 g/mol. The highest BCUT2D eigenvalue weighted by Crippen LogP contribution is 2.41. The lowest BCUT2D eigenvalue weighted by Crippen LogP contribution is -2.41. The molecular formula is C12H19N3O5. The zero-order chi connectivity index (χ0) is 14.5. The summed E-state index contributed by atoms with van der Waals surface area (Å²) in [6.45, 7) is 7.66. The van der Waals surface area contributed by atoms with Crippen LogP contribution in [0.4, 0.5) is 0 Å². The number of nitrogens with zero attached hydrogens (tertiary/aromatic N) is 3. The van der Waals surface area contributed by atoms with Crippen molar-refractivity contribution in [2.75, 3.05) is 6.61 Å². The standard InChI is InChI=1S/C12H19N3O5/c1-11(2)16-5-6(18-11)8-7(14-15-13)9-10(17-8)20-12(3,4)19-9/h6-10H,5H2,1-4H3/t6-,7-,8+,9+,10+/m0/s1. The van der Waals surface area contributed by atoms with Gasteiger partial charge in [-0.1, -0.05) is 5.11 Å². The summed E-state index contributed by atoms with van der Waals surface area (Å²) in [6.07, 6.45) is -1.70. The summed E-state index contributed by atoms with van der Waals surface area (Å²) in [5.74, 6) is -1.40. The Morgan fingerprint density at radius 1 is 1.05 bits per heavy atom. The van der Waals surface area contributed by atoms with Gasteiger partial charge in [0.15, 0.2) is 17.9 Å². The molecular weight excluding hydrogens is 266 g/mol. The van der Waals surface area contributed by atoms with Gasteiger partial charge in [0, 0.05) is 4.91 Å². The van der Waals surface area contributed by atoms with Gasteiger partial charge in [0.1, 0.15) is 18.3 Å². The predicted octanol–water partition coefficient (Wildman–Crippen LogP) is 1.69. The van der Waals surface area contributed by atoms with Gasteiger partial charge in [0.2, 0.25) is 0 Å². The number of rotatable bonds is 2. The van der Waals surface area contributed by atoms with Gasteiger partial charge in [-0.25, -0.2) is 0 Å². The smallest absolute Gasteiger partial charge is 0.188 e. The van der Waals surface area contributed by atoms with E-state index in [1.165, 1.54) is 0 Å². The Labute approximate surface area is 116 Å². The molecule has 0 aromatic rings. The van der Waals surface area contributed by atoms with Crippen LogP contribution in [0.3, 0.4) is 0 Å². The molecule has 0 aromatic carbocycles. The molecule has 0 amide bonds. The van der Waals surface area contributed by atoms with Crippen LogP contribution in [-0.4, -0.2) is 48.8 Å². The van der Waals surface area contributed by atoms with E-state index in [-0.39, 0.29) is 6.10 Å². The van der Waals surface area contributed by atoms with E-state index in [0.717, 1.165) is 0 Å². The topological polar surface area (TPSA) is 94.9 Å². The average Bonchev–Trinajstić information content (AvgIpc) is 2.91. The Bertz CT molecular complexity index is 448. The fraction of sp³-hybridized carbons (Fsp3) is 1.00. The molecule has 5 atom stereocenters. The van der Waals surface area contributed by atoms with Gasteiger partial charge in [0.25, 0.3) is 0 Å². The highest BCUT2D eigenvalue weighted by atomic mass is 16.8. The normalized spacial score (nSPS) is 45.1. The highest BCUT2D eigenvalue weighted by molar-refractivity contribution is 5.01. The van der Waals surface area contributed by atoms with Crippen LogP contribution in [0.25, 0.3) is 10.4 Å². The largest absolute Gasteiger partial charge is 0.348 e. The van der Waals surface area contributed by atoms with Crippen LogP contribution in [0.15, 0.2) is 5.11 Å². The third kappa shape index (κ3) is 2.39. The fourth-order valence-electron chi connectivity index (χ4n) is 2.89. The molecule has 20 heavy (non-hydrogen) atoms. The summed E-state index contributed by atoms with van der Waals surface area (Å²) in [5, 5.41) is 3.82. The van der Waals surface area contributed by atoms with Crippen molar-refractivity contribution in [3.8, 4) is 0 Å². The fourth-order valence-corrected chi connectivity index (χ4v) is 2.89. The first-order valence-electron chi connectivity index (χ1n) is 6.68. The Balaban J connectivity index is 1.78. The maximum absolute atomic E-state index is 8.77. The van der Waals surface area contributed by atoms with Crippen LogP contribution in [-0.2, 0) is 23.7 Å². The van der Waals surface area contributed by atoms with Gasteiger partial charge in [0.05, 0.1) is 12.6 Å². The summed E-state index contributed by atoms with van der Waals surface area (Å²) in [7, 11) is 0. The molecule has 112 valence electrons. The molecule has 0 radical (unpaired) electrons. The Kier molecular flexibility index (Phi) is 3.20. The number of azide groups is 1. The lowest BCUT2D eigenvalue weighted by Gasteiger charge is -2.26. The first-order valence-corrected chi connectivity index (χ1v) is 6.68. The number of hydrogen-bond acceptors (Lipinski definition) is 6. The third-order valence-corrected chi connectivity index (χ3v) is 3.63. The molecule has 3 aliphatic heterocycles. The van der Waals surface area contributed by atoms with E-state index >= 15 is 0 Å². The molecule has 0 unspecified atom stereocenters. The van der Waals surface area contributed by atoms with Crippen LogP contribution in [0.5, 0.6) is 0 Å². The van der Waals surface area contributed by atoms with Gasteiger partial charge in [-0.15, -0.1) is 0 Å². The van der Waals surface area contributed by atoms with Crippen LogP contribution in [0, 0.1) is 0 Å². The quantitative estimate of drug-likeness (QED) is 0.437. The molecule has 0 aromatic heterocycles. The van der Waals surface area contributed by atoms with Crippen molar-refractivity contribution < 1.29 is 23.7 Å². The van der Waals surface area contributed by atoms with Crippen molar-refractivity contribution in [3.63, 3.8) is 0 Å². The summed E-state index contributed by atoms with van der Waals surface area (Å²) in [6, 6.07) is -0.491. The first-order chi connectivity index (χ1) is 9.31. The highest BCUT2D eigenvalue weighted by Gasteiger charge is 2.57. The van der Waals surface area contributed by atoms with Gasteiger partial charge in [-0.2, -0.15) is 0 Å². The van der Waals surface area contributed by atoms with E-state index in [0.29, 0.717) is 6.61 Å². The van der Waals surface area contributed by atoms with E-state index in [1.807, 2.05) is 13.8 Å². The minimum Gasteiger partial charge on any atom is -0.348 e. The maximum atomic E-state index is 8.77. The average molecular weight is 285 g/mol. The van der Waals surface area contributed by atoms with Gasteiger partial charge >= 0.3 is 0 Å². The first kappa shape index (κ1) is 14.1. The second kappa shape index (κ2) is 4.56. The lowest BCUT2D eigenvalue weighted by molar-refractivity contribution is -0.222. The summed E-state index contributed by atoms with van der Waals surface area (Å²) in [4.78, 5) is 2.90. The third-order valence-electron chi connectivity index (χ3n) is 3.63. The Morgan fingerprint density at radius 3 is 2.40 bits per heavy atom. The Morgan fingerprint density at radius 2 is 1.80 bits per heavy atom. The lowest BCUT2D eigenvalue weighted by atomic mass is 10.0. The van der Waals surface area contributed by atoms with Crippen LogP contribution in [0.1, 0.15) is 27.7 Å². The molecule has 0 aliphatic carbocycles. The zero-order valence-corrected chi connectivity index (χ0v) is 12.0. The second-order valence-corrected chi connectivity index (χ2v) is 6.13. The van der Waals surface area contributed by atoms with E-state index < -0.39 is 36.1 Å². The van der Waals surface area contributed by atoms with Crippen molar-refractivity contribution in [2.24, 2.45) is 5.11 Å². The van der Waals surface area contributed by atoms with E-state index in [4.69, 9.17) is 29.2 Å². The molecule has 3 rings (SSSR count). The zero-order valence-electron chi connectivity index (χ0n) is 12.0.